The molecule has 1 aromatic rings. The van der Waals surface area contributed by atoms with Gasteiger partial charge in [0, 0.05) is 19.6 Å². The lowest BCUT2D eigenvalue weighted by Gasteiger charge is -2.18. The number of likely N-dealkylation sites (N-methyl/N-ethyl adjacent to an activating group) is 1. The minimum Gasteiger partial charge on any atom is -0.492 e. The topological polar surface area (TPSA) is 53.6 Å². The number of hydrogen-bond donors (Lipinski definition) is 2. The zero-order chi connectivity index (χ0) is 16.5. The fourth-order valence-corrected chi connectivity index (χ4v) is 2.75. The second-order valence-corrected chi connectivity index (χ2v) is 5.93. The Morgan fingerprint density at radius 2 is 2.04 bits per heavy atom. The molecule has 0 saturated carbocycles. The van der Waals surface area contributed by atoms with Crippen LogP contribution in [-0.2, 0) is 11.3 Å². The average Bonchev–Trinajstić information content (AvgIpc) is 3.12. The van der Waals surface area contributed by atoms with Crippen molar-refractivity contribution >= 4 is 5.91 Å². The van der Waals surface area contributed by atoms with Crippen LogP contribution in [0.25, 0.3) is 0 Å². The molecule has 5 nitrogen and oxygen atoms in total. The zero-order valence-electron chi connectivity index (χ0n) is 14.3. The van der Waals surface area contributed by atoms with Crippen molar-refractivity contribution in [2.45, 2.75) is 26.8 Å². The van der Waals surface area contributed by atoms with E-state index in [1.165, 1.54) is 0 Å². The summed E-state index contributed by atoms with van der Waals surface area (Å²) in [6, 6.07) is 7.97. The Hall–Kier alpha value is -1.59. The van der Waals surface area contributed by atoms with Crippen LogP contribution in [0.2, 0.25) is 0 Å². The molecule has 23 heavy (non-hydrogen) atoms. The van der Waals surface area contributed by atoms with Crippen molar-refractivity contribution in [3.63, 3.8) is 0 Å². The van der Waals surface area contributed by atoms with Crippen LogP contribution in [0.3, 0.4) is 0 Å². The Labute approximate surface area is 139 Å². The molecule has 5 heteroatoms. The molecule has 1 aromatic carbocycles. The molecule has 1 unspecified atom stereocenters. The number of ether oxygens (including phenoxy) is 1. The van der Waals surface area contributed by atoms with Gasteiger partial charge in [-0.05, 0) is 43.8 Å². The second kappa shape index (κ2) is 9.53. The maximum atomic E-state index is 12.0. The maximum Gasteiger partial charge on any atom is 0.224 e. The number of nitrogens with one attached hydrogen (secondary N) is 2. The number of benzene rings is 1. The highest BCUT2D eigenvalue weighted by Crippen LogP contribution is 2.13. The van der Waals surface area contributed by atoms with Crippen LogP contribution in [0.4, 0.5) is 0 Å². The van der Waals surface area contributed by atoms with Crippen molar-refractivity contribution in [2.24, 2.45) is 5.92 Å². The molecule has 0 radical (unpaired) electrons. The minimum absolute atomic E-state index is 0.123. The lowest BCUT2D eigenvalue weighted by Crippen LogP contribution is -2.31. The van der Waals surface area contributed by atoms with Crippen LogP contribution < -0.4 is 15.4 Å². The number of rotatable bonds is 9. The van der Waals surface area contributed by atoms with E-state index in [0.29, 0.717) is 13.2 Å². The van der Waals surface area contributed by atoms with E-state index in [4.69, 9.17) is 4.74 Å². The molecular weight excluding hydrogens is 290 g/mol. The summed E-state index contributed by atoms with van der Waals surface area (Å²) in [5, 5.41) is 6.22. The van der Waals surface area contributed by atoms with Crippen molar-refractivity contribution in [2.75, 3.05) is 39.3 Å². The van der Waals surface area contributed by atoms with E-state index < -0.39 is 0 Å². The molecule has 1 atom stereocenters. The zero-order valence-corrected chi connectivity index (χ0v) is 14.3. The first-order chi connectivity index (χ1) is 11.2. The summed E-state index contributed by atoms with van der Waals surface area (Å²) < 4.78 is 5.76. The molecule has 1 amide bonds. The lowest BCUT2D eigenvalue weighted by molar-refractivity contribution is -0.124. The van der Waals surface area contributed by atoms with E-state index in [1.54, 1.807) is 0 Å². The van der Waals surface area contributed by atoms with Gasteiger partial charge in [0.05, 0.1) is 5.92 Å². The first-order valence-corrected chi connectivity index (χ1v) is 8.65. The predicted octanol–water partition coefficient (Wildman–Crippen LogP) is 1.63. The Morgan fingerprint density at radius 3 is 2.65 bits per heavy atom. The molecule has 128 valence electrons. The standard InChI is InChI=1S/C18H29N3O2/c1-3-21(4-2)11-12-23-17-7-5-15(6-8-17)13-20-18(22)16-9-10-19-14-16/h5-8,16,19H,3-4,9-14H2,1-2H3,(H,20,22). The fourth-order valence-electron chi connectivity index (χ4n) is 2.75. The number of carbonyl (C=O) groups is 1. The van der Waals surface area contributed by atoms with E-state index in [1.807, 2.05) is 24.3 Å². The molecular formula is C18H29N3O2. The Kier molecular flexibility index (Phi) is 7.36. The number of hydrogen-bond acceptors (Lipinski definition) is 4. The third-order valence-corrected chi connectivity index (χ3v) is 4.39. The van der Waals surface area contributed by atoms with Crippen molar-refractivity contribution in [1.29, 1.82) is 0 Å². The van der Waals surface area contributed by atoms with Crippen molar-refractivity contribution in [3.05, 3.63) is 29.8 Å². The number of carbonyl (C=O) groups excluding carboxylic acids is 1. The van der Waals surface area contributed by atoms with Crippen LogP contribution in [0.5, 0.6) is 5.75 Å². The minimum atomic E-state index is 0.123. The SMILES string of the molecule is CCN(CC)CCOc1ccc(CNC(=O)C2CCNC2)cc1. The molecule has 1 fully saturated rings. The fraction of sp³-hybridized carbons (Fsp3) is 0.611. The van der Waals surface area contributed by atoms with Crippen molar-refractivity contribution in [3.8, 4) is 5.75 Å². The summed E-state index contributed by atoms with van der Waals surface area (Å²) in [5.74, 6) is 1.15. The first kappa shape index (κ1) is 17.8. The molecule has 1 aliphatic heterocycles. The van der Waals surface area contributed by atoms with E-state index in [2.05, 4.69) is 29.4 Å². The second-order valence-electron chi connectivity index (χ2n) is 5.93. The molecule has 1 heterocycles. The van der Waals surface area contributed by atoms with Gasteiger partial charge in [-0.2, -0.15) is 0 Å². The van der Waals surface area contributed by atoms with Gasteiger partial charge in [0.25, 0.3) is 0 Å². The number of amides is 1. The number of nitrogens with zero attached hydrogens (tertiary/aromatic N) is 1. The molecule has 0 aromatic heterocycles. The van der Waals surface area contributed by atoms with Crippen molar-refractivity contribution in [1.82, 2.24) is 15.5 Å². The van der Waals surface area contributed by atoms with Gasteiger partial charge in [0.2, 0.25) is 5.91 Å². The van der Waals surface area contributed by atoms with E-state index in [9.17, 15) is 4.79 Å². The molecule has 0 spiro atoms. The van der Waals surface area contributed by atoms with Crippen LogP contribution >= 0.6 is 0 Å². The van der Waals surface area contributed by atoms with E-state index in [0.717, 1.165) is 50.5 Å². The molecule has 1 saturated heterocycles. The molecule has 2 rings (SSSR count). The van der Waals surface area contributed by atoms with Gasteiger partial charge in [-0.1, -0.05) is 26.0 Å². The Morgan fingerprint density at radius 1 is 1.30 bits per heavy atom. The molecule has 0 aliphatic carbocycles. The molecule has 1 aliphatic rings. The third kappa shape index (κ3) is 5.84. The maximum absolute atomic E-state index is 12.0. The van der Waals surface area contributed by atoms with Crippen LogP contribution in [0, 0.1) is 5.92 Å². The largest absolute Gasteiger partial charge is 0.492 e. The summed E-state index contributed by atoms with van der Waals surface area (Å²) in [5.41, 5.74) is 1.10. The van der Waals surface area contributed by atoms with Gasteiger partial charge < -0.3 is 20.3 Å². The molecule has 0 bridgehead atoms. The Bertz CT molecular complexity index is 466. The normalized spacial score (nSPS) is 17.4. The van der Waals surface area contributed by atoms with Gasteiger partial charge in [-0.3, -0.25) is 4.79 Å². The summed E-state index contributed by atoms with van der Waals surface area (Å²) in [7, 11) is 0. The van der Waals surface area contributed by atoms with Gasteiger partial charge >= 0.3 is 0 Å². The molecule has 2 N–H and O–H groups in total. The highest BCUT2D eigenvalue weighted by Gasteiger charge is 2.21. The van der Waals surface area contributed by atoms with Crippen molar-refractivity contribution < 1.29 is 9.53 Å². The van der Waals surface area contributed by atoms with Crippen LogP contribution in [-0.4, -0.2) is 50.1 Å². The van der Waals surface area contributed by atoms with E-state index >= 15 is 0 Å². The smallest absolute Gasteiger partial charge is 0.224 e. The van der Waals surface area contributed by atoms with Gasteiger partial charge in [0.15, 0.2) is 0 Å². The highest BCUT2D eigenvalue weighted by atomic mass is 16.5. The third-order valence-electron chi connectivity index (χ3n) is 4.39. The Balaban J connectivity index is 1.70. The first-order valence-electron chi connectivity index (χ1n) is 8.65. The summed E-state index contributed by atoms with van der Waals surface area (Å²) in [6.45, 7) is 10.4. The monoisotopic (exact) mass is 319 g/mol. The van der Waals surface area contributed by atoms with E-state index in [-0.39, 0.29) is 11.8 Å². The highest BCUT2D eigenvalue weighted by molar-refractivity contribution is 5.79. The van der Waals surface area contributed by atoms with Gasteiger partial charge in [-0.15, -0.1) is 0 Å². The van der Waals surface area contributed by atoms with Gasteiger partial charge in [0.1, 0.15) is 12.4 Å². The van der Waals surface area contributed by atoms with Crippen LogP contribution in [0.1, 0.15) is 25.8 Å². The van der Waals surface area contributed by atoms with Gasteiger partial charge in [-0.25, -0.2) is 0 Å². The predicted molar refractivity (Wildman–Crippen MR) is 92.5 cm³/mol. The quantitative estimate of drug-likeness (QED) is 0.726. The summed E-state index contributed by atoms with van der Waals surface area (Å²) >= 11 is 0. The summed E-state index contributed by atoms with van der Waals surface area (Å²) in [6.07, 6.45) is 0.936. The summed E-state index contributed by atoms with van der Waals surface area (Å²) in [4.78, 5) is 14.3. The van der Waals surface area contributed by atoms with Crippen LogP contribution in [0.15, 0.2) is 24.3 Å². The lowest BCUT2D eigenvalue weighted by atomic mass is 10.1. The average molecular weight is 319 g/mol.